The van der Waals surface area contributed by atoms with E-state index in [0.29, 0.717) is 5.75 Å². The van der Waals surface area contributed by atoms with Gasteiger partial charge in [0.25, 0.3) is 0 Å². The van der Waals surface area contributed by atoms with Gasteiger partial charge in [-0.25, -0.2) is 4.79 Å². The Balaban J connectivity index is 1.56. The molecule has 0 radical (unpaired) electrons. The zero-order valence-electron chi connectivity index (χ0n) is 21.8. The summed E-state index contributed by atoms with van der Waals surface area (Å²) in [6.45, 7) is 10.6. The number of allylic oxidation sites excluding steroid dienone is 9. The second kappa shape index (κ2) is 12.5. The lowest BCUT2D eigenvalue weighted by Gasteiger charge is -2.32. The highest BCUT2D eigenvalue weighted by atomic mass is 32.2. The number of aromatic nitrogens is 2. The third-order valence-electron chi connectivity index (χ3n) is 6.41. The van der Waals surface area contributed by atoms with Gasteiger partial charge in [0.2, 0.25) is 5.91 Å². The molecular formula is C28H37N3O4S. The highest BCUT2D eigenvalue weighted by Gasteiger charge is 2.28. The van der Waals surface area contributed by atoms with Crippen LogP contribution in [0.1, 0.15) is 60.1 Å². The number of thioether (sulfide) groups is 1. The van der Waals surface area contributed by atoms with E-state index in [1.807, 2.05) is 25.2 Å². The molecule has 1 amide bonds. The van der Waals surface area contributed by atoms with Gasteiger partial charge in [-0.3, -0.25) is 9.36 Å². The van der Waals surface area contributed by atoms with Crippen molar-refractivity contribution in [1.29, 1.82) is 0 Å². The van der Waals surface area contributed by atoms with E-state index >= 15 is 0 Å². The predicted molar refractivity (Wildman–Crippen MR) is 147 cm³/mol. The minimum atomic E-state index is -0.520. The van der Waals surface area contributed by atoms with Crippen molar-refractivity contribution in [3.05, 3.63) is 81.5 Å². The number of carbonyl (C=O) groups is 1. The van der Waals surface area contributed by atoms with Crippen LogP contribution >= 0.6 is 11.8 Å². The van der Waals surface area contributed by atoms with Crippen LogP contribution in [0.2, 0.25) is 0 Å². The largest absolute Gasteiger partial charge is 0.393 e. The fraction of sp³-hybridized carbons (Fsp3) is 0.464. The Morgan fingerprint density at radius 3 is 2.78 bits per heavy atom. The molecule has 1 aromatic rings. The summed E-state index contributed by atoms with van der Waals surface area (Å²) < 4.78 is 6.94. The summed E-state index contributed by atoms with van der Waals surface area (Å²) >= 11 is 1.44. The third-order valence-corrected chi connectivity index (χ3v) is 7.52. The van der Waals surface area contributed by atoms with Gasteiger partial charge in [-0.05, 0) is 62.7 Å². The van der Waals surface area contributed by atoms with E-state index in [2.05, 4.69) is 50.1 Å². The van der Waals surface area contributed by atoms with Crippen molar-refractivity contribution in [2.75, 3.05) is 17.7 Å². The molecule has 0 aromatic carbocycles. The lowest BCUT2D eigenvalue weighted by atomic mass is 9.72. The van der Waals surface area contributed by atoms with Crippen LogP contribution in [-0.2, 0) is 9.53 Å². The van der Waals surface area contributed by atoms with Crippen molar-refractivity contribution < 1.29 is 14.6 Å². The Morgan fingerprint density at radius 2 is 2.11 bits per heavy atom. The number of anilines is 1. The van der Waals surface area contributed by atoms with Crippen LogP contribution in [0.25, 0.3) is 0 Å². The summed E-state index contributed by atoms with van der Waals surface area (Å²) in [5.74, 6) is 0.360. The van der Waals surface area contributed by atoms with Crippen molar-refractivity contribution >= 4 is 23.5 Å². The Kier molecular flexibility index (Phi) is 9.70. The topological polar surface area (TPSA) is 93.5 Å². The minimum Gasteiger partial charge on any atom is -0.393 e. The fourth-order valence-electron chi connectivity index (χ4n) is 4.44. The molecule has 7 nitrogen and oxygen atoms in total. The van der Waals surface area contributed by atoms with Gasteiger partial charge in [0.15, 0.2) is 0 Å². The van der Waals surface area contributed by atoms with Crippen LogP contribution in [0.15, 0.2) is 75.8 Å². The van der Waals surface area contributed by atoms with Crippen LogP contribution in [0, 0.1) is 5.41 Å². The summed E-state index contributed by atoms with van der Waals surface area (Å²) in [5, 5.41) is 11.8. The van der Waals surface area contributed by atoms with Crippen molar-refractivity contribution in [2.45, 2.75) is 65.5 Å². The molecule has 36 heavy (non-hydrogen) atoms. The second-order valence-electron chi connectivity index (χ2n) is 9.95. The smallest absolute Gasteiger partial charge is 0.351 e. The van der Waals surface area contributed by atoms with Crippen molar-refractivity contribution in [3.8, 4) is 0 Å². The number of nitrogens with one attached hydrogen (secondary N) is 1. The molecular weight excluding hydrogens is 474 g/mol. The molecule has 1 fully saturated rings. The molecule has 0 saturated carbocycles. The average Bonchev–Trinajstić information content (AvgIpc) is 3.27. The molecule has 2 aliphatic rings. The van der Waals surface area contributed by atoms with Gasteiger partial charge in [0.05, 0.1) is 6.61 Å². The van der Waals surface area contributed by atoms with Crippen LogP contribution in [0.5, 0.6) is 0 Å². The average molecular weight is 512 g/mol. The van der Waals surface area contributed by atoms with Gasteiger partial charge >= 0.3 is 5.69 Å². The van der Waals surface area contributed by atoms with Gasteiger partial charge < -0.3 is 15.2 Å². The number of rotatable bonds is 8. The number of aliphatic hydroxyl groups excluding tert-OH is 1. The number of nitrogens with zero attached hydrogens (tertiary/aromatic N) is 2. The highest BCUT2D eigenvalue weighted by Crippen LogP contribution is 2.40. The number of carbonyl (C=O) groups excluding carboxylic acids is 1. The quantitative estimate of drug-likeness (QED) is 0.364. The lowest BCUT2D eigenvalue weighted by molar-refractivity contribution is -0.112. The molecule has 1 aliphatic heterocycles. The molecule has 2 heterocycles. The van der Waals surface area contributed by atoms with E-state index in [1.165, 1.54) is 52.8 Å². The number of aliphatic hydroxyl groups is 1. The summed E-state index contributed by atoms with van der Waals surface area (Å²) in [5.41, 5.74) is 4.16. The van der Waals surface area contributed by atoms with Crippen LogP contribution in [0.4, 0.5) is 5.82 Å². The van der Waals surface area contributed by atoms with Crippen molar-refractivity contribution in [1.82, 2.24) is 9.55 Å². The summed E-state index contributed by atoms with van der Waals surface area (Å²) in [4.78, 5) is 28.6. The van der Waals surface area contributed by atoms with Gasteiger partial charge in [-0.15, -0.1) is 11.8 Å². The Labute approximate surface area is 217 Å². The van der Waals surface area contributed by atoms with Crippen LogP contribution < -0.4 is 11.0 Å². The summed E-state index contributed by atoms with van der Waals surface area (Å²) in [6, 6.07) is 1.56. The maximum absolute atomic E-state index is 12.4. The highest BCUT2D eigenvalue weighted by molar-refractivity contribution is 8.00. The molecule has 8 heteroatoms. The van der Waals surface area contributed by atoms with Crippen molar-refractivity contribution in [3.63, 3.8) is 0 Å². The molecule has 1 aromatic heterocycles. The maximum Gasteiger partial charge on any atom is 0.351 e. The maximum atomic E-state index is 12.4. The van der Waals surface area contributed by atoms with Gasteiger partial charge in [-0.1, -0.05) is 55.4 Å². The molecule has 0 spiro atoms. The first-order valence-electron chi connectivity index (χ1n) is 12.3. The van der Waals surface area contributed by atoms with Gasteiger partial charge in [-0.2, -0.15) is 4.98 Å². The zero-order chi connectivity index (χ0) is 26.3. The standard InChI is InChI=1S/C28H37N3O4S/c1-19(11-12-22-21(3)10-7-14-28(22,4)5)8-6-9-20(2)16-24(33)29-23-13-15-31(27(34)30-23)25-18-36-26(17-32)35-25/h6,8-9,11-13,15-16,25-26,32H,7,10,14,17-18H2,1-5H3,(H,29,30,33,34)/b9-6+,12-11+,19-8+,20-16+. The predicted octanol–water partition coefficient (Wildman–Crippen LogP) is 5.29. The Bertz CT molecular complexity index is 1170. The molecule has 2 N–H and O–H groups in total. The first kappa shape index (κ1) is 27.9. The molecule has 0 bridgehead atoms. The number of hydrogen-bond donors (Lipinski definition) is 2. The molecule has 2 unspecified atom stereocenters. The number of amides is 1. The Hall–Kier alpha value is -2.68. The lowest BCUT2D eigenvalue weighted by Crippen LogP contribution is -2.29. The van der Waals surface area contributed by atoms with Crippen LogP contribution in [-0.4, -0.2) is 38.4 Å². The SMILES string of the molecule is CC1=C(/C=C/C(C)=C/C=C/C(C)=C/C(=O)Nc2ccn(C3CSC(CO)O3)c(=O)n2)C(C)(C)CCC1. The van der Waals surface area contributed by atoms with Gasteiger partial charge in [0, 0.05) is 18.0 Å². The normalized spacial score (nSPS) is 23.2. The molecule has 194 valence electrons. The van der Waals surface area contributed by atoms with Crippen LogP contribution in [0.3, 0.4) is 0 Å². The second-order valence-corrected chi connectivity index (χ2v) is 11.1. The summed E-state index contributed by atoms with van der Waals surface area (Å²) in [7, 11) is 0. The van der Waals surface area contributed by atoms with E-state index in [4.69, 9.17) is 4.74 Å². The molecule has 1 saturated heterocycles. The van der Waals surface area contributed by atoms with E-state index < -0.39 is 11.9 Å². The number of hydrogen-bond acceptors (Lipinski definition) is 6. The van der Waals surface area contributed by atoms with Crippen molar-refractivity contribution in [2.24, 2.45) is 5.41 Å². The van der Waals surface area contributed by atoms with E-state index in [1.54, 1.807) is 12.3 Å². The zero-order valence-corrected chi connectivity index (χ0v) is 22.6. The monoisotopic (exact) mass is 511 g/mol. The molecule has 3 rings (SSSR count). The first-order valence-corrected chi connectivity index (χ1v) is 13.3. The van der Waals surface area contributed by atoms with E-state index in [-0.39, 0.29) is 29.2 Å². The Morgan fingerprint density at radius 1 is 1.33 bits per heavy atom. The molecule has 1 aliphatic carbocycles. The third kappa shape index (κ3) is 7.66. The molecule has 2 atom stereocenters. The van der Waals surface area contributed by atoms with E-state index in [9.17, 15) is 14.7 Å². The minimum absolute atomic E-state index is 0.111. The first-order chi connectivity index (χ1) is 17.1. The fourth-order valence-corrected chi connectivity index (χ4v) is 5.37. The summed E-state index contributed by atoms with van der Waals surface area (Å²) in [6.07, 6.45) is 16.4. The number of ether oxygens (including phenoxy) is 1. The van der Waals surface area contributed by atoms with E-state index in [0.717, 1.165) is 11.1 Å². The van der Waals surface area contributed by atoms with Gasteiger partial charge in [0.1, 0.15) is 17.5 Å².